The number of benzene rings is 10. The molecule has 0 aliphatic carbocycles. The van der Waals surface area contributed by atoms with Crippen LogP contribution in [0.2, 0.25) is 0 Å². The predicted molar refractivity (Wildman–Crippen MR) is 276 cm³/mol. The topological polar surface area (TPSA) is 27.9 Å². The van der Waals surface area contributed by atoms with Gasteiger partial charge in [-0.15, -0.1) is 0 Å². The van der Waals surface area contributed by atoms with Crippen molar-refractivity contribution in [2.24, 2.45) is 0 Å². The fraction of sp³-hybridized carbons (Fsp3) is 0. The molecule has 0 unspecified atom stereocenters. The molecule has 0 saturated heterocycles. The Morgan fingerprint density at radius 2 is 0.576 bits per heavy atom. The summed E-state index contributed by atoms with van der Waals surface area (Å²) in [6, 6.07) is 83.9. The minimum Gasteiger partial charge on any atom is -0.464 e. The zero-order valence-corrected chi connectivity index (χ0v) is 35.8. The molecule has 0 bridgehead atoms. The van der Waals surface area contributed by atoms with Crippen molar-refractivity contribution in [2.75, 3.05) is 0 Å². The molecule has 14 aromatic rings. The molecular formula is C62H39N3O. The first-order valence-corrected chi connectivity index (χ1v) is 22.6. The quantitative estimate of drug-likeness (QED) is 0.164. The Bertz CT molecular complexity index is 3990. The van der Waals surface area contributed by atoms with Gasteiger partial charge in [0.2, 0.25) is 0 Å². The molecule has 0 radical (unpaired) electrons. The highest BCUT2D eigenvalue weighted by Crippen LogP contribution is 2.41. The Balaban J connectivity index is 0.954. The van der Waals surface area contributed by atoms with E-state index in [0.717, 1.165) is 50.2 Å². The van der Waals surface area contributed by atoms with E-state index in [9.17, 15) is 0 Å². The molecule has 308 valence electrons. The minimum atomic E-state index is 0.896. The van der Waals surface area contributed by atoms with E-state index in [1.807, 2.05) is 18.4 Å². The maximum atomic E-state index is 5.94. The molecular weight excluding hydrogens is 803 g/mol. The Morgan fingerprint density at radius 3 is 1.03 bits per heavy atom. The summed E-state index contributed by atoms with van der Waals surface area (Å²) in [5.41, 5.74) is 18.4. The van der Waals surface area contributed by atoms with Crippen molar-refractivity contribution < 1.29 is 4.42 Å². The summed E-state index contributed by atoms with van der Waals surface area (Å²) >= 11 is 0. The Kier molecular flexibility index (Phi) is 7.95. The van der Waals surface area contributed by atoms with Crippen LogP contribution >= 0.6 is 0 Å². The molecule has 4 heteroatoms. The molecule has 0 aliphatic heterocycles. The molecule has 0 fully saturated rings. The fourth-order valence-corrected chi connectivity index (χ4v) is 10.7. The van der Waals surface area contributed by atoms with E-state index in [2.05, 4.69) is 232 Å². The number of hydrogen-bond acceptors (Lipinski definition) is 1. The Hall–Kier alpha value is -8.86. The van der Waals surface area contributed by atoms with E-state index in [-0.39, 0.29) is 0 Å². The Labute approximate surface area is 380 Å². The van der Waals surface area contributed by atoms with Gasteiger partial charge < -0.3 is 18.1 Å². The maximum absolute atomic E-state index is 5.94. The maximum Gasteiger partial charge on any atom is 0.134 e. The van der Waals surface area contributed by atoms with Crippen LogP contribution in [0, 0.1) is 0 Å². The number of nitrogens with zero attached hydrogens (tertiary/aromatic N) is 3. The van der Waals surface area contributed by atoms with E-state index in [1.54, 1.807) is 0 Å². The molecule has 0 N–H and O–H groups in total. The van der Waals surface area contributed by atoms with Crippen LogP contribution in [0.15, 0.2) is 241 Å². The summed E-state index contributed by atoms with van der Waals surface area (Å²) in [7, 11) is 0. The molecule has 14 rings (SSSR count). The lowest BCUT2D eigenvalue weighted by atomic mass is 9.98. The number of furan rings is 1. The third kappa shape index (κ3) is 5.52. The molecule has 0 amide bonds. The molecule has 0 aliphatic rings. The average molecular weight is 842 g/mol. The highest BCUT2D eigenvalue weighted by molar-refractivity contribution is 6.14. The van der Waals surface area contributed by atoms with Gasteiger partial charge in [0.25, 0.3) is 0 Å². The van der Waals surface area contributed by atoms with Crippen molar-refractivity contribution in [3.8, 4) is 50.4 Å². The van der Waals surface area contributed by atoms with Crippen LogP contribution in [-0.2, 0) is 0 Å². The normalized spacial score (nSPS) is 11.9. The summed E-state index contributed by atoms with van der Waals surface area (Å²) in [5.74, 6) is 0. The number of rotatable bonds is 6. The smallest absolute Gasteiger partial charge is 0.134 e. The minimum absolute atomic E-state index is 0.896. The fourth-order valence-electron chi connectivity index (χ4n) is 10.7. The van der Waals surface area contributed by atoms with Gasteiger partial charge in [-0.25, -0.2) is 0 Å². The number of fused-ring (bicyclic) bond motifs is 10. The first-order valence-electron chi connectivity index (χ1n) is 22.6. The number of hydrogen-bond donors (Lipinski definition) is 0. The van der Waals surface area contributed by atoms with Crippen LogP contribution in [0.3, 0.4) is 0 Å². The van der Waals surface area contributed by atoms with Crippen molar-refractivity contribution in [3.63, 3.8) is 0 Å². The highest BCUT2D eigenvalue weighted by atomic mass is 16.3. The van der Waals surface area contributed by atoms with Gasteiger partial charge >= 0.3 is 0 Å². The standard InChI is InChI=1S/C62H39N3O/c1-3-13-45(14-4-1)63-56-20-10-7-17-48(56)51-35-41(25-31-58(51)63)43-27-33-60-53(37-43)54-38-44(42-26-32-59-52(36-42)49-18-8-11-21-57(49)64(59)46-15-5-2-6-16-46)28-34-61(54)65(60)47-29-23-40(24-30-47)55-39-66-62-22-12-9-19-50(55)62/h1-39H. The van der Waals surface area contributed by atoms with Gasteiger partial charge in [0.05, 0.1) is 39.4 Å². The number of para-hydroxylation sites is 5. The van der Waals surface area contributed by atoms with E-state index in [4.69, 9.17) is 4.42 Å². The summed E-state index contributed by atoms with van der Waals surface area (Å²) in [4.78, 5) is 0. The van der Waals surface area contributed by atoms with Crippen LogP contribution in [0.5, 0.6) is 0 Å². The molecule has 0 spiro atoms. The second kappa shape index (κ2) is 14.3. The highest BCUT2D eigenvalue weighted by Gasteiger charge is 2.19. The Morgan fingerprint density at radius 1 is 0.242 bits per heavy atom. The van der Waals surface area contributed by atoms with Gasteiger partial charge in [0, 0.05) is 60.3 Å². The van der Waals surface area contributed by atoms with Crippen molar-refractivity contribution >= 4 is 76.4 Å². The zero-order chi connectivity index (χ0) is 43.3. The first-order chi connectivity index (χ1) is 32.7. The van der Waals surface area contributed by atoms with Crippen LogP contribution < -0.4 is 0 Å². The van der Waals surface area contributed by atoms with E-state index in [1.165, 1.54) is 76.6 Å². The van der Waals surface area contributed by atoms with E-state index < -0.39 is 0 Å². The summed E-state index contributed by atoms with van der Waals surface area (Å²) in [5, 5.41) is 8.52. The van der Waals surface area contributed by atoms with Crippen molar-refractivity contribution in [1.29, 1.82) is 0 Å². The van der Waals surface area contributed by atoms with Crippen LogP contribution in [-0.4, -0.2) is 13.7 Å². The van der Waals surface area contributed by atoms with Crippen LogP contribution in [0.25, 0.3) is 127 Å². The molecule has 4 heterocycles. The number of aromatic nitrogens is 3. The molecule has 0 saturated carbocycles. The summed E-state index contributed by atoms with van der Waals surface area (Å²) in [6.07, 6.45) is 1.87. The van der Waals surface area contributed by atoms with E-state index >= 15 is 0 Å². The lowest BCUT2D eigenvalue weighted by Crippen LogP contribution is -1.94. The molecule has 4 aromatic heterocycles. The third-order valence-electron chi connectivity index (χ3n) is 13.7. The average Bonchev–Trinajstić information content (AvgIpc) is 4.14. The first kappa shape index (κ1) is 36.6. The van der Waals surface area contributed by atoms with Crippen molar-refractivity contribution in [1.82, 2.24) is 13.7 Å². The molecule has 4 nitrogen and oxygen atoms in total. The second-order valence-electron chi connectivity index (χ2n) is 17.3. The molecule has 66 heavy (non-hydrogen) atoms. The molecule has 10 aromatic carbocycles. The summed E-state index contributed by atoms with van der Waals surface area (Å²) < 4.78 is 13.1. The second-order valence-corrected chi connectivity index (χ2v) is 17.3. The third-order valence-corrected chi connectivity index (χ3v) is 13.7. The van der Waals surface area contributed by atoms with Gasteiger partial charge in [-0.1, -0.05) is 127 Å². The largest absolute Gasteiger partial charge is 0.464 e. The van der Waals surface area contributed by atoms with Crippen LogP contribution in [0.1, 0.15) is 0 Å². The predicted octanol–water partition coefficient (Wildman–Crippen LogP) is 16.7. The van der Waals surface area contributed by atoms with Gasteiger partial charge in [-0.2, -0.15) is 0 Å². The van der Waals surface area contributed by atoms with Gasteiger partial charge in [-0.05, 0) is 131 Å². The van der Waals surface area contributed by atoms with E-state index in [0.29, 0.717) is 0 Å². The van der Waals surface area contributed by atoms with Gasteiger partial charge in [0.1, 0.15) is 5.58 Å². The van der Waals surface area contributed by atoms with Gasteiger partial charge in [0.15, 0.2) is 0 Å². The monoisotopic (exact) mass is 841 g/mol. The van der Waals surface area contributed by atoms with Crippen molar-refractivity contribution in [3.05, 3.63) is 237 Å². The lowest BCUT2D eigenvalue weighted by molar-refractivity contribution is 0.617. The van der Waals surface area contributed by atoms with Crippen LogP contribution in [0.4, 0.5) is 0 Å². The van der Waals surface area contributed by atoms with Crippen molar-refractivity contribution in [2.45, 2.75) is 0 Å². The van der Waals surface area contributed by atoms with Gasteiger partial charge in [-0.3, -0.25) is 0 Å². The molecule has 0 atom stereocenters. The SMILES string of the molecule is c1ccc(-n2c3ccccc3c3cc(-c4ccc5c(c4)c4cc(-c6ccc7c(c6)c6ccccc6n7-c6ccccc6)ccc4n5-c4ccc(-c5coc6ccccc56)cc4)ccc32)cc1. The summed E-state index contributed by atoms with van der Waals surface area (Å²) in [6.45, 7) is 0. The zero-order valence-electron chi connectivity index (χ0n) is 35.8. The lowest BCUT2D eigenvalue weighted by Gasteiger charge is -2.10.